The lowest BCUT2D eigenvalue weighted by Crippen LogP contribution is -2.31. The Kier molecular flexibility index (Phi) is 2.04. The van der Waals surface area contributed by atoms with E-state index in [2.05, 4.69) is 0 Å². The summed E-state index contributed by atoms with van der Waals surface area (Å²) in [6, 6.07) is 7.33. The van der Waals surface area contributed by atoms with Crippen LogP contribution in [0.4, 0.5) is 16.2 Å². The van der Waals surface area contributed by atoms with Gasteiger partial charge in [-0.3, -0.25) is 4.90 Å². The number of hydrogen-bond donors (Lipinski definition) is 1. The second-order valence-electron chi connectivity index (χ2n) is 3.35. The van der Waals surface area contributed by atoms with Gasteiger partial charge in [0.25, 0.3) is 0 Å². The highest BCUT2D eigenvalue weighted by molar-refractivity contribution is 5.93. The molecule has 2 N–H and O–H groups in total. The number of amides is 1. The average Bonchev–Trinajstić information content (AvgIpc) is 2.48. The molecule has 1 unspecified atom stereocenters. The van der Waals surface area contributed by atoms with Crippen LogP contribution in [0.3, 0.4) is 0 Å². The van der Waals surface area contributed by atoms with E-state index in [1.807, 2.05) is 25.1 Å². The number of ether oxygens (including phenoxy) is 1. The van der Waals surface area contributed by atoms with Gasteiger partial charge in [-0.25, -0.2) is 4.79 Å². The van der Waals surface area contributed by atoms with Gasteiger partial charge >= 0.3 is 6.09 Å². The largest absolute Gasteiger partial charge is 0.447 e. The Morgan fingerprint density at radius 2 is 2.21 bits per heavy atom. The molecule has 1 amide bonds. The zero-order valence-corrected chi connectivity index (χ0v) is 7.93. The first-order valence-corrected chi connectivity index (χ1v) is 4.50. The van der Waals surface area contributed by atoms with Crippen LogP contribution in [0, 0.1) is 0 Å². The number of rotatable bonds is 1. The maximum absolute atomic E-state index is 11.4. The molecule has 1 fully saturated rings. The molecule has 74 valence electrons. The fourth-order valence-corrected chi connectivity index (χ4v) is 1.56. The fourth-order valence-electron chi connectivity index (χ4n) is 1.56. The molecule has 0 radical (unpaired) electrons. The van der Waals surface area contributed by atoms with Crippen molar-refractivity contribution in [3.8, 4) is 0 Å². The normalized spacial score (nSPS) is 21.1. The average molecular weight is 192 g/mol. The van der Waals surface area contributed by atoms with E-state index >= 15 is 0 Å². The maximum atomic E-state index is 11.4. The molecule has 1 atom stereocenters. The number of para-hydroxylation sites is 2. The zero-order chi connectivity index (χ0) is 10.1. The Balaban J connectivity index is 2.39. The molecular weight excluding hydrogens is 180 g/mol. The summed E-state index contributed by atoms with van der Waals surface area (Å²) in [5, 5.41) is 0. The predicted molar refractivity (Wildman–Crippen MR) is 54.1 cm³/mol. The van der Waals surface area contributed by atoms with Crippen molar-refractivity contribution in [2.45, 2.75) is 13.0 Å². The Bertz CT molecular complexity index is 365. The molecule has 14 heavy (non-hydrogen) atoms. The van der Waals surface area contributed by atoms with Crippen LogP contribution >= 0.6 is 0 Å². The number of carbonyl (C=O) groups excluding carboxylic acids is 1. The number of anilines is 2. The van der Waals surface area contributed by atoms with Crippen molar-refractivity contribution >= 4 is 17.5 Å². The second kappa shape index (κ2) is 3.21. The lowest BCUT2D eigenvalue weighted by atomic mass is 10.2. The molecule has 1 aromatic rings. The van der Waals surface area contributed by atoms with Crippen LogP contribution < -0.4 is 10.6 Å². The van der Waals surface area contributed by atoms with Gasteiger partial charge in [-0.1, -0.05) is 12.1 Å². The van der Waals surface area contributed by atoms with Gasteiger partial charge in [-0.2, -0.15) is 0 Å². The molecule has 1 saturated heterocycles. The van der Waals surface area contributed by atoms with Gasteiger partial charge in [0, 0.05) is 0 Å². The summed E-state index contributed by atoms with van der Waals surface area (Å²) < 4.78 is 4.92. The van der Waals surface area contributed by atoms with Gasteiger partial charge in [0.1, 0.15) is 6.61 Å². The number of cyclic esters (lactones) is 1. The van der Waals surface area contributed by atoms with E-state index in [1.165, 1.54) is 0 Å². The van der Waals surface area contributed by atoms with Crippen molar-refractivity contribution in [1.82, 2.24) is 0 Å². The minimum absolute atomic E-state index is 0.0483. The molecule has 0 spiro atoms. The summed E-state index contributed by atoms with van der Waals surface area (Å²) in [6.07, 6.45) is -0.324. The SMILES string of the molecule is CC1COC(=O)N1c1ccccc1N. The summed E-state index contributed by atoms with van der Waals surface area (Å²) >= 11 is 0. The van der Waals surface area contributed by atoms with Gasteiger partial charge in [-0.15, -0.1) is 0 Å². The third-order valence-corrected chi connectivity index (χ3v) is 2.28. The van der Waals surface area contributed by atoms with E-state index in [0.717, 1.165) is 5.69 Å². The molecule has 0 aliphatic carbocycles. The molecule has 1 aliphatic heterocycles. The summed E-state index contributed by atoms with van der Waals surface area (Å²) in [7, 11) is 0. The standard InChI is InChI=1S/C10H12N2O2/c1-7-6-14-10(13)12(7)9-5-3-2-4-8(9)11/h2-5,7H,6,11H2,1H3. The van der Waals surface area contributed by atoms with E-state index < -0.39 is 0 Å². The van der Waals surface area contributed by atoms with E-state index in [1.54, 1.807) is 11.0 Å². The number of carbonyl (C=O) groups is 1. The monoisotopic (exact) mass is 192 g/mol. The molecule has 1 aliphatic rings. The first-order chi connectivity index (χ1) is 6.70. The predicted octanol–water partition coefficient (Wildman–Crippen LogP) is 1.61. The smallest absolute Gasteiger partial charge is 0.414 e. The highest BCUT2D eigenvalue weighted by Gasteiger charge is 2.31. The van der Waals surface area contributed by atoms with Gasteiger partial charge < -0.3 is 10.5 Å². The Morgan fingerprint density at radius 3 is 2.79 bits per heavy atom. The van der Waals surface area contributed by atoms with Crippen LogP contribution in [0.1, 0.15) is 6.92 Å². The van der Waals surface area contributed by atoms with Crippen molar-refractivity contribution < 1.29 is 9.53 Å². The van der Waals surface area contributed by atoms with Crippen LogP contribution in [0.2, 0.25) is 0 Å². The quantitative estimate of drug-likeness (QED) is 0.688. The van der Waals surface area contributed by atoms with E-state index in [0.29, 0.717) is 12.3 Å². The van der Waals surface area contributed by atoms with Crippen LogP contribution in [-0.2, 0) is 4.74 Å². The van der Waals surface area contributed by atoms with Crippen molar-refractivity contribution in [2.24, 2.45) is 0 Å². The molecule has 1 aromatic carbocycles. The molecule has 4 nitrogen and oxygen atoms in total. The molecule has 4 heteroatoms. The van der Waals surface area contributed by atoms with Gasteiger partial charge in [0.05, 0.1) is 17.4 Å². The molecule has 0 saturated carbocycles. The Hall–Kier alpha value is -1.71. The van der Waals surface area contributed by atoms with Gasteiger partial charge in [-0.05, 0) is 19.1 Å². The summed E-state index contributed by atoms with van der Waals surface area (Å²) in [5.74, 6) is 0. The van der Waals surface area contributed by atoms with Crippen molar-refractivity contribution in [1.29, 1.82) is 0 Å². The molecule has 0 bridgehead atoms. The third kappa shape index (κ3) is 1.28. The van der Waals surface area contributed by atoms with Gasteiger partial charge in [0.2, 0.25) is 0 Å². The highest BCUT2D eigenvalue weighted by Crippen LogP contribution is 2.27. The topological polar surface area (TPSA) is 55.6 Å². The summed E-state index contributed by atoms with van der Waals surface area (Å²) in [4.78, 5) is 13.0. The van der Waals surface area contributed by atoms with Crippen LogP contribution in [0.25, 0.3) is 0 Å². The number of hydrogen-bond acceptors (Lipinski definition) is 3. The molecule has 2 rings (SSSR count). The number of nitrogens with two attached hydrogens (primary N) is 1. The number of benzene rings is 1. The lowest BCUT2D eigenvalue weighted by Gasteiger charge is -2.19. The van der Waals surface area contributed by atoms with E-state index in [-0.39, 0.29) is 12.1 Å². The Labute approximate surface area is 82.3 Å². The van der Waals surface area contributed by atoms with Gasteiger partial charge in [0.15, 0.2) is 0 Å². The van der Waals surface area contributed by atoms with Crippen LogP contribution in [-0.4, -0.2) is 18.7 Å². The van der Waals surface area contributed by atoms with Crippen LogP contribution in [0.5, 0.6) is 0 Å². The first kappa shape index (κ1) is 8.87. The molecule has 0 aromatic heterocycles. The van der Waals surface area contributed by atoms with E-state index in [4.69, 9.17) is 10.5 Å². The first-order valence-electron chi connectivity index (χ1n) is 4.50. The molecular formula is C10H12N2O2. The maximum Gasteiger partial charge on any atom is 0.414 e. The summed E-state index contributed by atoms with van der Waals surface area (Å²) in [5.41, 5.74) is 7.10. The number of nitrogen functional groups attached to an aromatic ring is 1. The zero-order valence-electron chi connectivity index (χ0n) is 7.93. The minimum atomic E-state index is -0.324. The number of nitrogens with zero attached hydrogens (tertiary/aromatic N) is 1. The second-order valence-corrected chi connectivity index (χ2v) is 3.35. The third-order valence-electron chi connectivity index (χ3n) is 2.28. The van der Waals surface area contributed by atoms with Crippen LogP contribution in [0.15, 0.2) is 24.3 Å². The van der Waals surface area contributed by atoms with Crippen molar-refractivity contribution in [3.63, 3.8) is 0 Å². The van der Waals surface area contributed by atoms with E-state index in [9.17, 15) is 4.79 Å². The van der Waals surface area contributed by atoms with Crippen molar-refractivity contribution in [3.05, 3.63) is 24.3 Å². The highest BCUT2D eigenvalue weighted by atomic mass is 16.6. The fraction of sp³-hybridized carbons (Fsp3) is 0.300. The lowest BCUT2D eigenvalue weighted by molar-refractivity contribution is 0.179. The molecule has 1 heterocycles. The Morgan fingerprint density at radius 1 is 1.50 bits per heavy atom. The minimum Gasteiger partial charge on any atom is -0.447 e. The van der Waals surface area contributed by atoms with Crippen molar-refractivity contribution in [2.75, 3.05) is 17.2 Å². The summed E-state index contributed by atoms with van der Waals surface area (Å²) in [6.45, 7) is 2.35.